The van der Waals surface area contributed by atoms with Crippen LogP contribution in [0.1, 0.15) is 10.3 Å². The van der Waals surface area contributed by atoms with E-state index < -0.39 is 12.0 Å². The average Bonchev–Trinajstić information content (AvgIpc) is 1.19. The summed E-state index contributed by atoms with van der Waals surface area (Å²) < 4.78 is 0. The van der Waals surface area contributed by atoms with Gasteiger partial charge in [0.15, 0.2) is 0 Å². The van der Waals surface area contributed by atoms with Gasteiger partial charge in [-0.05, 0) is 0 Å². The van der Waals surface area contributed by atoms with Crippen LogP contribution in [-0.2, 0) is 0 Å². The SMILES string of the molecule is C.Cl.Cl[SiH](Cl)Cl.Cl[Si](Cl)(Cl)Cl.[2HH].[HH]. The van der Waals surface area contributed by atoms with Gasteiger partial charge in [-0.1, -0.05) is 7.43 Å². The van der Waals surface area contributed by atoms with E-state index in [-0.39, 0.29) is 22.7 Å². The van der Waals surface area contributed by atoms with Crippen LogP contribution in [0, 0.1) is 0 Å². The molecule has 0 aromatic carbocycles. The Morgan fingerprint density at radius 2 is 1.00 bits per heavy atom. The van der Waals surface area contributed by atoms with E-state index in [0.29, 0.717) is 0 Å². The minimum Gasteiger partial charge on any atom is -0.147 e. The predicted octanol–water partition coefficient (Wildman–Crippen LogP) is 5.35. The fourth-order valence-corrected chi connectivity index (χ4v) is 0. The van der Waals surface area contributed by atoms with Crippen molar-refractivity contribution in [2.45, 2.75) is 7.43 Å². The highest BCUT2D eigenvalue weighted by Crippen LogP contribution is 2.23. The molecule has 0 aliphatic carbocycles. The maximum absolute atomic E-state index is 4.97. The van der Waals surface area contributed by atoms with Crippen molar-refractivity contribution in [3.8, 4) is 0 Å². The summed E-state index contributed by atoms with van der Waals surface area (Å²) in [5.41, 5.74) is 0. The summed E-state index contributed by atoms with van der Waals surface area (Å²) in [6.45, 7) is -1.72. The molecule has 0 nitrogen and oxygen atoms in total. The van der Waals surface area contributed by atoms with Gasteiger partial charge in [-0.2, -0.15) is 0 Å². The van der Waals surface area contributed by atoms with Crippen LogP contribution < -0.4 is 0 Å². The van der Waals surface area contributed by atoms with Crippen molar-refractivity contribution in [2.24, 2.45) is 0 Å². The molecule has 0 aliphatic heterocycles. The van der Waals surface area contributed by atoms with Crippen molar-refractivity contribution >= 4 is 102 Å². The van der Waals surface area contributed by atoms with E-state index in [9.17, 15) is 0 Å². The zero-order valence-electron chi connectivity index (χ0n) is 4.13. The van der Waals surface area contributed by atoms with Crippen LogP contribution in [0.2, 0.25) is 0 Å². The fraction of sp³-hybridized carbons (Fsp3) is 1.00. The Balaban J connectivity index is -0.0000000146. The van der Waals surface area contributed by atoms with Gasteiger partial charge in [0, 0.05) is 2.85 Å². The van der Waals surface area contributed by atoms with Crippen molar-refractivity contribution in [1.29, 1.82) is 0 Å². The molecule has 0 radical (unpaired) electrons. The van der Waals surface area contributed by atoms with Crippen LogP contribution in [0.5, 0.6) is 0 Å². The lowest BCUT2D eigenvalue weighted by molar-refractivity contribution is 2.50. The van der Waals surface area contributed by atoms with E-state index in [1.807, 2.05) is 0 Å². The summed E-state index contributed by atoms with van der Waals surface area (Å²) in [5, 5.41) is -2.72. The first-order chi connectivity index (χ1) is 3.73. The summed E-state index contributed by atoms with van der Waals surface area (Å²) in [6.07, 6.45) is 0. The van der Waals surface area contributed by atoms with E-state index >= 15 is 0 Å². The van der Waals surface area contributed by atoms with Crippen molar-refractivity contribution in [3.05, 3.63) is 0 Å². The first-order valence-corrected chi connectivity index (χ1v) is 12.7. The standard InChI is InChI=1S/CH4.Cl4Si.Cl3HSi.ClH.2H2/c;1-5(2,3)4;1-4(2)3;;;/h1H4;;4H;3*1H/i;;;;1+1;. The molecule has 0 saturated heterocycles. The van der Waals surface area contributed by atoms with Crippen molar-refractivity contribution in [3.63, 3.8) is 0 Å². The maximum Gasteiger partial charge on any atom is 0.440 e. The molecule has 11 heavy (non-hydrogen) atoms. The monoisotopic (exact) mass is 359 g/mol. The van der Waals surface area contributed by atoms with Gasteiger partial charge in [0.2, 0.25) is 0 Å². The van der Waals surface area contributed by atoms with Crippen molar-refractivity contribution in [2.75, 3.05) is 0 Å². The average molecular weight is 363 g/mol. The Labute approximate surface area is 111 Å². The van der Waals surface area contributed by atoms with Crippen LogP contribution in [0.3, 0.4) is 0 Å². The molecule has 78 valence electrons. The second kappa shape index (κ2) is 12.8. The van der Waals surface area contributed by atoms with E-state index in [1.165, 1.54) is 0 Å². The minimum atomic E-state index is -2.72. The molecule has 0 aromatic rings. The van der Waals surface area contributed by atoms with E-state index in [2.05, 4.69) is 0 Å². The molecule has 0 rings (SSSR count). The van der Waals surface area contributed by atoms with Gasteiger partial charge in [0.05, 0.1) is 0 Å². The molecule has 0 amide bonds. The summed E-state index contributed by atoms with van der Waals surface area (Å²) in [4.78, 5) is 0. The maximum atomic E-state index is 4.97. The summed E-state index contributed by atoms with van der Waals surface area (Å²) in [6, 6.07) is 0. The second-order valence-corrected chi connectivity index (χ2v) is 18.3. The first kappa shape index (κ1) is 23.5. The topological polar surface area (TPSA) is 0 Å². The first-order valence-electron chi connectivity index (χ1n) is 1.41. The van der Waals surface area contributed by atoms with Gasteiger partial charge in [-0.25, -0.2) is 0 Å². The van der Waals surface area contributed by atoms with Crippen molar-refractivity contribution in [1.82, 2.24) is 0 Å². The molecule has 0 N–H and O–H groups in total. The van der Waals surface area contributed by atoms with Crippen LogP contribution in [0.25, 0.3) is 0 Å². The van der Waals surface area contributed by atoms with E-state index in [1.54, 1.807) is 0 Å². The van der Waals surface area contributed by atoms with Gasteiger partial charge in [0.1, 0.15) is 0 Å². The Bertz CT molecular complexity index is 56.9. The molecule has 0 heterocycles. The lowest BCUT2D eigenvalue weighted by atomic mass is 12.0. The van der Waals surface area contributed by atoms with Gasteiger partial charge in [-0.3, -0.25) is 0 Å². The van der Waals surface area contributed by atoms with Crippen LogP contribution in [-0.4, -0.2) is 12.0 Å². The van der Waals surface area contributed by atoms with Gasteiger partial charge < -0.3 is 0 Å². The predicted molar refractivity (Wildman–Crippen MR) is 72.1 cm³/mol. The molecule has 0 spiro atoms. The van der Waals surface area contributed by atoms with Crippen LogP contribution in [0.4, 0.5) is 0 Å². The van der Waals surface area contributed by atoms with E-state index in [0.717, 1.165) is 0 Å². The highest BCUT2D eigenvalue weighted by molar-refractivity contribution is 7.81. The summed E-state index contributed by atoms with van der Waals surface area (Å²) in [5.74, 6) is 0. The Hall–Kier alpha value is 2.75. The molecule has 0 saturated carbocycles. The second-order valence-electron chi connectivity index (χ2n) is 0.676. The molecule has 0 bridgehead atoms. The quantitative estimate of drug-likeness (QED) is 0.402. The zero-order chi connectivity index (χ0) is 8.08. The highest BCUT2D eigenvalue weighted by atomic mass is 36.0. The number of rotatable bonds is 0. The molecule has 0 aromatic heterocycles. The van der Waals surface area contributed by atoms with Crippen LogP contribution in [0.15, 0.2) is 0 Å². The van der Waals surface area contributed by atoms with Gasteiger partial charge in [-0.15, -0.1) is 90.0 Å². The number of hydrogen-bond donors (Lipinski definition) is 0. The largest absolute Gasteiger partial charge is 0.440 e. The lowest BCUT2D eigenvalue weighted by Gasteiger charge is -1.85. The Kier molecular flexibility index (Phi) is 27.3. The molecule has 0 aliphatic rings. The lowest BCUT2D eigenvalue weighted by Crippen LogP contribution is -1.91. The smallest absolute Gasteiger partial charge is 0.147 e. The molecular weight excluding hydrogens is 352 g/mol. The molecular formula is CH10Cl8Si2. The molecule has 10 heteroatoms. The fourth-order valence-electron chi connectivity index (χ4n) is 0. The summed E-state index contributed by atoms with van der Waals surface area (Å²) >= 11 is 34.7. The minimum absolute atomic E-state index is 0. The zero-order valence-corrected chi connectivity index (χ0v) is 12.4. The molecule has 0 atom stereocenters. The van der Waals surface area contributed by atoms with Crippen molar-refractivity contribution < 1.29 is 2.85 Å². The molecule has 0 unspecified atom stereocenters. The van der Waals surface area contributed by atoms with Gasteiger partial charge in [0.25, 0.3) is 0 Å². The Morgan fingerprint density at radius 3 is 1.00 bits per heavy atom. The third-order valence-corrected chi connectivity index (χ3v) is 0. The van der Waals surface area contributed by atoms with Crippen LogP contribution >= 0.6 is 90.0 Å². The molecule has 0 fully saturated rings. The normalized spacial score (nSPS) is 8.73. The Morgan fingerprint density at radius 1 is 1.00 bits per heavy atom. The number of halogens is 8. The summed E-state index contributed by atoms with van der Waals surface area (Å²) in [7, 11) is 0. The third kappa shape index (κ3) is 194. The highest BCUT2D eigenvalue weighted by Gasteiger charge is 2.19. The van der Waals surface area contributed by atoms with Gasteiger partial charge >= 0.3 is 12.0 Å². The van der Waals surface area contributed by atoms with E-state index in [4.69, 9.17) is 77.6 Å². The number of hydrogen-bond acceptors (Lipinski definition) is 0. The third-order valence-electron chi connectivity index (χ3n) is 0.